The van der Waals surface area contributed by atoms with E-state index in [0.717, 1.165) is 42.5 Å². The summed E-state index contributed by atoms with van der Waals surface area (Å²) in [5, 5.41) is 8.30. The molecule has 6 heteroatoms. The molecule has 0 saturated carbocycles. The smallest absolute Gasteiger partial charge is 0.159 e. The van der Waals surface area contributed by atoms with Crippen molar-refractivity contribution in [3.63, 3.8) is 0 Å². The molecule has 0 aliphatic heterocycles. The van der Waals surface area contributed by atoms with E-state index < -0.39 is 11.6 Å². The fraction of sp³-hybridized carbons (Fsp3) is 0.174. The lowest BCUT2D eigenvalue weighted by molar-refractivity contribution is 0.508. The zero-order chi connectivity index (χ0) is 20.5. The molecule has 0 radical (unpaired) electrons. The Morgan fingerprint density at radius 1 is 1.10 bits per heavy atom. The first-order valence-electron chi connectivity index (χ1n) is 9.38. The lowest BCUT2D eigenvalue weighted by Crippen LogP contribution is -2.21. The topological polar surface area (TPSA) is 75.7 Å². The fourth-order valence-corrected chi connectivity index (χ4v) is 3.42. The third-order valence-electron chi connectivity index (χ3n) is 5.18. The van der Waals surface area contributed by atoms with Gasteiger partial charge in [-0.15, -0.1) is 0 Å². The van der Waals surface area contributed by atoms with Crippen LogP contribution in [0.5, 0.6) is 0 Å². The molecule has 3 aromatic rings. The fourth-order valence-electron chi connectivity index (χ4n) is 3.42. The number of hydrogen-bond donors (Lipinski definition) is 2. The van der Waals surface area contributed by atoms with Crippen LogP contribution in [-0.4, -0.2) is 21.7 Å². The Morgan fingerprint density at radius 2 is 1.93 bits per heavy atom. The molecule has 1 unspecified atom stereocenters. The van der Waals surface area contributed by atoms with Gasteiger partial charge in [-0.2, -0.15) is 0 Å². The number of halogens is 2. The summed E-state index contributed by atoms with van der Waals surface area (Å²) >= 11 is 0. The number of nitrogens with zero attached hydrogens (tertiary/aromatic N) is 2. The van der Waals surface area contributed by atoms with E-state index in [2.05, 4.69) is 22.6 Å². The molecule has 29 heavy (non-hydrogen) atoms. The average molecular weight is 390 g/mol. The number of pyridine rings is 2. The molecule has 1 aliphatic carbocycles. The number of fused-ring (bicyclic) bond motifs is 1. The molecule has 0 amide bonds. The molecule has 146 valence electrons. The second-order valence-electron chi connectivity index (χ2n) is 7.20. The van der Waals surface area contributed by atoms with Gasteiger partial charge >= 0.3 is 0 Å². The van der Waals surface area contributed by atoms with E-state index in [1.165, 1.54) is 11.6 Å². The van der Waals surface area contributed by atoms with Crippen LogP contribution < -0.4 is 5.73 Å². The van der Waals surface area contributed by atoms with Crippen molar-refractivity contribution in [2.24, 2.45) is 5.73 Å². The third-order valence-corrected chi connectivity index (χ3v) is 5.18. The maximum atomic E-state index is 13.5. The first-order chi connectivity index (χ1) is 13.9. The summed E-state index contributed by atoms with van der Waals surface area (Å²) < 4.78 is 26.7. The van der Waals surface area contributed by atoms with E-state index in [9.17, 15) is 8.78 Å². The number of hydrogen-bond acceptors (Lipinski definition) is 4. The maximum absolute atomic E-state index is 13.5. The van der Waals surface area contributed by atoms with E-state index >= 15 is 0 Å². The maximum Gasteiger partial charge on any atom is 0.159 e. The zero-order valence-corrected chi connectivity index (χ0v) is 15.8. The van der Waals surface area contributed by atoms with Crippen molar-refractivity contribution in [1.29, 1.82) is 5.41 Å². The van der Waals surface area contributed by atoms with Gasteiger partial charge in [-0.3, -0.25) is 10.4 Å². The van der Waals surface area contributed by atoms with E-state index in [4.69, 9.17) is 11.1 Å². The minimum absolute atomic E-state index is 0.0103. The molecule has 1 atom stereocenters. The van der Waals surface area contributed by atoms with Crippen LogP contribution in [0.25, 0.3) is 22.2 Å². The van der Waals surface area contributed by atoms with Gasteiger partial charge in [0.05, 0.1) is 22.4 Å². The molecule has 3 N–H and O–H groups in total. The van der Waals surface area contributed by atoms with Gasteiger partial charge < -0.3 is 5.73 Å². The average Bonchev–Trinajstić information content (AvgIpc) is 2.74. The number of allylic oxidation sites excluding steroid dienone is 2. The van der Waals surface area contributed by atoms with Crippen LogP contribution in [0.1, 0.15) is 36.1 Å². The van der Waals surface area contributed by atoms with E-state index in [0.29, 0.717) is 16.8 Å². The number of aromatic nitrogens is 2. The first kappa shape index (κ1) is 19.1. The van der Waals surface area contributed by atoms with Gasteiger partial charge in [-0.05, 0) is 66.8 Å². The molecular weight excluding hydrogens is 370 g/mol. The van der Waals surface area contributed by atoms with Crippen LogP contribution in [-0.2, 0) is 0 Å². The minimum atomic E-state index is -0.999. The highest BCUT2D eigenvalue weighted by Gasteiger charge is 2.15. The van der Waals surface area contributed by atoms with Gasteiger partial charge in [0.1, 0.15) is 0 Å². The van der Waals surface area contributed by atoms with Crippen LogP contribution in [0.15, 0.2) is 55.3 Å². The summed E-state index contributed by atoms with van der Waals surface area (Å²) in [6.07, 6.45) is 6.69. The second kappa shape index (κ2) is 7.64. The van der Waals surface area contributed by atoms with Gasteiger partial charge in [0.15, 0.2) is 11.6 Å². The third kappa shape index (κ3) is 3.84. The largest absolute Gasteiger partial charge is 0.327 e. The minimum Gasteiger partial charge on any atom is -0.327 e. The monoisotopic (exact) mass is 390 g/mol. The molecule has 1 aliphatic rings. The molecule has 4 nitrogen and oxygen atoms in total. The molecule has 4 rings (SSSR count). The summed E-state index contributed by atoms with van der Waals surface area (Å²) in [7, 11) is 0. The van der Waals surface area contributed by atoms with Crippen LogP contribution in [0.3, 0.4) is 0 Å². The van der Waals surface area contributed by atoms with Crippen molar-refractivity contribution in [2.75, 3.05) is 0 Å². The normalized spacial score (nSPS) is 16.5. The van der Waals surface area contributed by atoms with Gasteiger partial charge in [0.2, 0.25) is 0 Å². The standard InChI is InChI=1S/C23H20F2N4/c1-13(23(27)15-4-7-18(24)19(25)10-15)20-8-9-21-22(29-20)11-16(12-28-21)14-2-5-17(26)6-3-14/h2,4,7-12,17,27H,1,3,5-6,26H2. The molecule has 2 aromatic heterocycles. The molecule has 0 bridgehead atoms. The van der Waals surface area contributed by atoms with Crippen molar-refractivity contribution in [3.05, 3.63) is 83.7 Å². The lowest BCUT2D eigenvalue weighted by Gasteiger charge is -2.18. The second-order valence-corrected chi connectivity index (χ2v) is 7.20. The van der Waals surface area contributed by atoms with Crippen molar-refractivity contribution in [3.8, 4) is 0 Å². The Labute approximate surface area is 167 Å². The molecule has 0 saturated heterocycles. The highest BCUT2D eigenvalue weighted by atomic mass is 19.2. The predicted molar refractivity (Wildman–Crippen MR) is 112 cm³/mol. The number of rotatable bonds is 4. The highest BCUT2D eigenvalue weighted by Crippen LogP contribution is 2.28. The molecule has 0 spiro atoms. The Kier molecular flexibility index (Phi) is 5.03. The van der Waals surface area contributed by atoms with Crippen molar-refractivity contribution < 1.29 is 8.78 Å². The summed E-state index contributed by atoms with van der Waals surface area (Å²) in [6.45, 7) is 3.93. The Hall–Kier alpha value is -3.25. The highest BCUT2D eigenvalue weighted by molar-refractivity contribution is 6.29. The van der Waals surface area contributed by atoms with Crippen LogP contribution in [0.2, 0.25) is 0 Å². The Morgan fingerprint density at radius 3 is 2.66 bits per heavy atom. The van der Waals surface area contributed by atoms with Gasteiger partial charge in [-0.1, -0.05) is 12.7 Å². The summed E-state index contributed by atoms with van der Waals surface area (Å²) in [6, 6.07) is 9.07. The van der Waals surface area contributed by atoms with Crippen LogP contribution >= 0.6 is 0 Å². The van der Waals surface area contributed by atoms with Crippen molar-refractivity contribution in [2.45, 2.75) is 25.3 Å². The van der Waals surface area contributed by atoms with E-state index in [1.54, 1.807) is 6.07 Å². The molecule has 2 heterocycles. The van der Waals surface area contributed by atoms with Crippen LogP contribution in [0.4, 0.5) is 8.78 Å². The first-order valence-corrected chi connectivity index (χ1v) is 9.38. The van der Waals surface area contributed by atoms with Crippen molar-refractivity contribution >= 4 is 27.9 Å². The lowest BCUT2D eigenvalue weighted by atomic mass is 9.92. The SMILES string of the molecule is C=C(C(=N)c1ccc(F)c(F)c1)c1ccc2ncc(C3=CCC(N)CC3)cc2n1. The van der Waals surface area contributed by atoms with E-state index in [1.807, 2.05) is 18.3 Å². The molecule has 1 aromatic carbocycles. The quantitative estimate of drug-likeness (QED) is 0.623. The molecule has 0 fully saturated rings. The Balaban J connectivity index is 1.66. The van der Waals surface area contributed by atoms with E-state index in [-0.39, 0.29) is 17.3 Å². The number of benzene rings is 1. The van der Waals surface area contributed by atoms with Gasteiger partial charge in [0.25, 0.3) is 0 Å². The summed E-state index contributed by atoms with van der Waals surface area (Å²) in [5.41, 5.74) is 10.7. The summed E-state index contributed by atoms with van der Waals surface area (Å²) in [4.78, 5) is 9.10. The zero-order valence-electron chi connectivity index (χ0n) is 15.8. The Bertz CT molecular complexity index is 1170. The van der Waals surface area contributed by atoms with Crippen LogP contribution in [0, 0.1) is 17.0 Å². The molecular formula is C23H20F2N4. The summed E-state index contributed by atoms with van der Waals surface area (Å²) in [5.74, 6) is -1.95. The van der Waals surface area contributed by atoms with Gasteiger partial charge in [-0.25, -0.2) is 13.8 Å². The number of nitrogens with one attached hydrogen (secondary N) is 1. The number of nitrogens with two attached hydrogens (primary N) is 1. The van der Waals surface area contributed by atoms with Crippen molar-refractivity contribution in [1.82, 2.24) is 9.97 Å². The predicted octanol–water partition coefficient (Wildman–Crippen LogP) is 4.88. The van der Waals surface area contributed by atoms with Gasteiger partial charge in [0, 0.05) is 23.4 Å².